The molecule has 16 heavy (non-hydrogen) atoms. The molecular weight excluding hydrogens is 457 g/mol. The van der Waals surface area contributed by atoms with Gasteiger partial charge in [-0.25, -0.2) is 0 Å². The molecule has 0 aromatic rings. The maximum atomic E-state index is 10.00. The van der Waals surface area contributed by atoms with Gasteiger partial charge in [-0.3, -0.25) is 0 Å². The summed E-state index contributed by atoms with van der Waals surface area (Å²) in [4.78, 5) is 10.00. The van der Waals surface area contributed by atoms with Crippen LogP contribution in [0.1, 0.15) is 0 Å². The van der Waals surface area contributed by atoms with Crippen LogP contribution in [0.2, 0.25) is 0 Å². The van der Waals surface area contributed by atoms with Crippen LogP contribution in [-0.2, 0) is 19.0 Å². The fourth-order valence-corrected chi connectivity index (χ4v) is 0.840. The van der Waals surface area contributed by atoms with Gasteiger partial charge in [-0.2, -0.15) is 6.41 Å². The summed E-state index contributed by atoms with van der Waals surface area (Å²) in [7, 11) is 1.62. The smallest absolute Gasteiger partial charge is 0.0701 e. The van der Waals surface area contributed by atoms with Crippen LogP contribution in [0.3, 0.4) is 0 Å². The molecule has 7 heteroatoms. The molecule has 0 rings (SSSR count). The molecule has 0 saturated heterocycles. The molecule has 102 valence electrons. The fourth-order valence-electron chi connectivity index (χ4n) is 0.840. The first-order valence-corrected chi connectivity index (χ1v) is 4.82. The molecule has 0 saturated carbocycles. The first-order valence-electron chi connectivity index (χ1n) is 4.82. The molecule has 0 heterocycles. The van der Waals surface area contributed by atoms with E-state index in [1.54, 1.807) is 13.5 Å². The molecule has 0 aromatic carbocycles. The SMILES string of the molecule is COCCOCCOCC(CN)N[C-]=O.[Fm]. The molecule has 3 N–H and O–H groups in total. The van der Waals surface area contributed by atoms with E-state index >= 15 is 0 Å². The maximum absolute atomic E-state index is 10.00. The molecule has 1 unspecified atom stereocenters. The van der Waals surface area contributed by atoms with Crippen molar-refractivity contribution in [3.8, 4) is 0 Å². The van der Waals surface area contributed by atoms with Crippen LogP contribution in [0.5, 0.6) is 0 Å². The summed E-state index contributed by atoms with van der Waals surface area (Å²) in [5, 5.41) is 2.43. The third-order valence-electron chi connectivity index (χ3n) is 1.67. The third kappa shape index (κ3) is 10.4. The van der Waals surface area contributed by atoms with Crippen LogP contribution in [0.4, 0.5) is 0 Å². The topological polar surface area (TPSA) is 82.8 Å². The first kappa shape index (κ1) is 16.7. The van der Waals surface area contributed by atoms with Gasteiger partial charge < -0.3 is 30.1 Å². The number of nitrogens with one attached hydrogen (secondary N) is 1. The second-order valence-electron chi connectivity index (χ2n) is 2.86. The Balaban J connectivity index is 0. The number of ether oxygens (including phenoxy) is 3. The molecule has 0 aliphatic rings. The summed E-state index contributed by atoms with van der Waals surface area (Å²) in [5.41, 5.74) is 5.37. The summed E-state index contributed by atoms with van der Waals surface area (Å²) >= 11 is 0. The zero-order chi connectivity index (χ0) is 11.4. The van der Waals surface area contributed by atoms with Crippen LogP contribution in [-0.4, -0.2) is 59.1 Å². The average Bonchev–Trinajstić information content (AvgIpc) is 2.26. The Hall–Kier alpha value is -1.69. The van der Waals surface area contributed by atoms with Crippen LogP contribution in [0, 0.1) is 0 Å². The zero-order valence-electron chi connectivity index (χ0n) is 9.32. The number of rotatable bonds is 11. The third-order valence-corrected chi connectivity index (χ3v) is 1.67. The van der Waals surface area contributed by atoms with Gasteiger partial charge in [0.25, 0.3) is 0 Å². The largest absolute Gasteiger partial charge is 0.525 e. The van der Waals surface area contributed by atoms with Gasteiger partial charge in [-0.1, -0.05) is 0 Å². The molecule has 6 nitrogen and oxygen atoms in total. The average molecular weight is 476 g/mol. The second-order valence-corrected chi connectivity index (χ2v) is 2.86. The van der Waals surface area contributed by atoms with E-state index in [4.69, 9.17) is 19.9 Å². The van der Waals surface area contributed by atoms with Crippen molar-refractivity contribution in [1.29, 1.82) is 0 Å². The van der Waals surface area contributed by atoms with Crippen molar-refractivity contribution in [2.75, 3.05) is 46.7 Å². The van der Waals surface area contributed by atoms with Crippen molar-refractivity contribution in [2.45, 2.75) is 6.04 Å². The van der Waals surface area contributed by atoms with E-state index < -0.39 is 0 Å². The van der Waals surface area contributed by atoms with E-state index in [0.717, 1.165) is 0 Å². The van der Waals surface area contributed by atoms with E-state index in [1.165, 1.54) is 0 Å². The van der Waals surface area contributed by atoms with Gasteiger partial charge in [0.15, 0.2) is 0 Å². The van der Waals surface area contributed by atoms with Crippen molar-refractivity contribution in [1.82, 2.24) is 5.32 Å². The summed E-state index contributed by atoms with van der Waals surface area (Å²) in [6.45, 7) is 2.82. The minimum absolute atomic E-state index is 0. The standard InChI is InChI=1S/C9H19N2O4.Fm/c1-13-2-3-14-4-5-15-7-9(6-10)11-8-12;/h9H,2-7,10H2,1H3,(H,11,12);/q-1;. The van der Waals surface area contributed by atoms with E-state index in [9.17, 15) is 4.79 Å². The fraction of sp³-hybridized carbons (Fsp3) is 0.889. The minimum Gasteiger partial charge on any atom is -0.525 e. The molecule has 1 atom stereocenters. The second kappa shape index (κ2) is 13.3. The molecule has 0 spiro atoms. The Morgan fingerprint density at radius 1 is 1.25 bits per heavy atom. The van der Waals surface area contributed by atoms with Gasteiger partial charge in [-0.05, 0) is 0 Å². The number of amides is 1. The summed E-state index contributed by atoms with van der Waals surface area (Å²) in [6.07, 6.45) is 1.58. The van der Waals surface area contributed by atoms with Gasteiger partial charge >= 0.3 is 0 Å². The van der Waals surface area contributed by atoms with Crippen molar-refractivity contribution in [2.24, 2.45) is 5.73 Å². The normalized spacial score (nSPS) is 11.6. The van der Waals surface area contributed by atoms with Crippen molar-refractivity contribution in [3.05, 3.63) is 0 Å². The number of carbonyl (C=O) groups excluding carboxylic acids is 1. The van der Waals surface area contributed by atoms with Crippen LogP contribution >= 0.6 is 0 Å². The van der Waals surface area contributed by atoms with Gasteiger partial charge in [-0.15, -0.1) is 0 Å². The monoisotopic (exact) mass is 476 g/mol. The molecule has 0 bridgehead atoms. The quantitative estimate of drug-likeness (QED) is 0.219. The summed E-state index contributed by atoms with van der Waals surface area (Å²) in [5.74, 6) is 0. The van der Waals surface area contributed by atoms with Crippen molar-refractivity contribution < 1.29 is 19.0 Å². The van der Waals surface area contributed by atoms with E-state index in [1.807, 2.05) is 0 Å². The number of hydrogen-bond donors (Lipinski definition) is 2. The van der Waals surface area contributed by atoms with Gasteiger partial charge in [0, 0.05) is 19.7 Å². The van der Waals surface area contributed by atoms with Crippen LogP contribution in [0.15, 0.2) is 0 Å². The Bertz CT molecular complexity index is 151. The number of hydrogen-bond acceptors (Lipinski definition) is 5. The Morgan fingerprint density at radius 2 is 1.88 bits per heavy atom. The predicted molar refractivity (Wildman–Crippen MR) is 55.2 cm³/mol. The maximum Gasteiger partial charge on any atom is 0.0701 e. The predicted octanol–water partition coefficient (Wildman–Crippen LogP) is -1.35. The van der Waals surface area contributed by atoms with Gasteiger partial charge in [0.1, 0.15) is 0 Å². The van der Waals surface area contributed by atoms with E-state index in [-0.39, 0.29) is 6.04 Å². The molecule has 0 aliphatic heterocycles. The molecule has 0 aromatic heterocycles. The van der Waals surface area contributed by atoms with Gasteiger partial charge in [0.2, 0.25) is 0 Å². The molecule has 0 radical (unpaired) electrons. The van der Waals surface area contributed by atoms with Crippen molar-refractivity contribution >= 4 is 6.41 Å². The van der Waals surface area contributed by atoms with Crippen molar-refractivity contribution in [3.63, 3.8) is 0 Å². The zero-order valence-corrected chi connectivity index (χ0v) is 11.7. The van der Waals surface area contributed by atoms with E-state index in [0.29, 0.717) is 39.6 Å². The Kier molecular flexibility index (Phi) is 13.9. The molecular formula is C9H19FmN2O4-. The number of methoxy groups -OCH3 is 1. The number of nitrogens with two attached hydrogens (primary N) is 1. The van der Waals surface area contributed by atoms with Gasteiger partial charge in [0.05, 0.1) is 33.0 Å². The molecule has 0 aliphatic carbocycles. The molecule has 1 amide bonds. The Labute approximate surface area is 90.1 Å². The first-order chi connectivity index (χ1) is 7.35. The van der Waals surface area contributed by atoms with Crippen LogP contribution < -0.4 is 11.1 Å². The summed E-state index contributed by atoms with van der Waals surface area (Å²) < 4.78 is 15.2. The molecule has 0 fully saturated rings. The minimum atomic E-state index is -0.179. The summed E-state index contributed by atoms with van der Waals surface area (Å²) in [6, 6.07) is -0.179. The Morgan fingerprint density at radius 3 is 2.44 bits per heavy atom. The van der Waals surface area contributed by atoms with Crippen LogP contribution in [0.25, 0.3) is 0 Å². The van der Waals surface area contributed by atoms with E-state index in [2.05, 4.69) is 5.32 Å².